The summed E-state index contributed by atoms with van der Waals surface area (Å²) in [7, 11) is -2.52. The molecule has 7 rings (SSSR count). The van der Waals surface area contributed by atoms with Crippen molar-refractivity contribution >= 4 is 28.0 Å². The zero-order chi connectivity index (χ0) is 36.1. The molecular weight excluding hydrogens is 643 g/mol. The summed E-state index contributed by atoms with van der Waals surface area (Å²) in [6.07, 6.45) is 15.0. The number of carbonyl (C=O) groups is 2. The molecule has 50 heavy (non-hydrogen) atoms. The van der Waals surface area contributed by atoms with Gasteiger partial charge in [-0.05, 0) is 151 Å². The first-order chi connectivity index (χ1) is 23.4. The van der Waals surface area contributed by atoms with E-state index in [-0.39, 0.29) is 33.0 Å². The van der Waals surface area contributed by atoms with Crippen molar-refractivity contribution in [2.45, 2.75) is 112 Å². The standard InChI is InChI=1S/C43H63NO5S/c1-28(2)31-14-20-43(21-17-36(45)44-24-26-50(48,49)27-25-44)23-22-41(6)33(37(31)43)12-13-35-40(5)18-15-32(29-8-10-30(11-9-29)38(46)47)39(3,4)34(40)16-19-42(35,41)7/h8-11,15,31,33-35,37,48-49H,1,12-14,16-27H2,2-7H3,(H,46,47)/t31-,33+,34-,35+,37+,40-,41+,42+,43-/m0/s1. The Morgan fingerprint density at radius 1 is 0.880 bits per heavy atom. The summed E-state index contributed by atoms with van der Waals surface area (Å²) in [6, 6.07) is 7.55. The first-order valence-electron chi connectivity index (χ1n) is 19.6. The maximum atomic E-state index is 13.5. The van der Waals surface area contributed by atoms with E-state index in [4.69, 9.17) is 0 Å². The minimum absolute atomic E-state index is 0.00685. The number of aromatic carboxylic acids is 1. The normalized spacial score (nSPS) is 42.2. The van der Waals surface area contributed by atoms with Gasteiger partial charge in [-0.2, -0.15) is 10.6 Å². The Morgan fingerprint density at radius 2 is 1.56 bits per heavy atom. The zero-order valence-electron chi connectivity index (χ0n) is 31.6. The van der Waals surface area contributed by atoms with Crippen LogP contribution in [0.5, 0.6) is 0 Å². The lowest BCUT2D eigenvalue weighted by atomic mass is 9.32. The van der Waals surface area contributed by atoms with Crippen molar-refractivity contribution in [2.24, 2.45) is 56.7 Å². The number of amides is 1. The fraction of sp³-hybridized carbons (Fsp3) is 0.721. The van der Waals surface area contributed by atoms with Crippen LogP contribution in [0.1, 0.15) is 128 Å². The molecule has 0 spiro atoms. The second kappa shape index (κ2) is 12.2. The Balaban J connectivity index is 1.15. The molecule has 1 saturated heterocycles. The monoisotopic (exact) mass is 705 g/mol. The molecule has 5 aliphatic carbocycles. The number of benzene rings is 1. The number of carboxylic acids is 1. The van der Waals surface area contributed by atoms with Crippen LogP contribution in [-0.4, -0.2) is 55.6 Å². The SMILES string of the molecule is C=C(C)[C@@H]1CC[C@]2(CCC(=O)N3CCS(O)(O)CC3)CC[C@]3(C)[C@H](CC[C@@H]4[C@@]5(C)CC=C(c6ccc(C(=O)O)cc6)C(C)(C)[C@@H]5CC[C@]43C)[C@@H]12. The zero-order valence-corrected chi connectivity index (χ0v) is 32.4. The van der Waals surface area contributed by atoms with Gasteiger partial charge in [-0.25, -0.2) is 4.79 Å². The third kappa shape index (κ3) is 5.40. The van der Waals surface area contributed by atoms with Gasteiger partial charge in [0.2, 0.25) is 5.91 Å². The van der Waals surface area contributed by atoms with Crippen LogP contribution in [0, 0.1) is 56.7 Å². The maximum Gasteiger partial charge on any atom is 0.335 e. The van der Waals surface area contributed by atoms with E-state index < -0.39 is 16.6 Å². The van der Waals surface area contributed by atoms with Gasteiger partial charge in [0.25, 0.3) is 0 Å². The van der Waals surface area contributed by atoms with E-state index in [9.17, 15) is 23.8 Å². The molecule has 1 aromatic rings. The van der Waals surface area contributed by atoms with E-state index in [1.165, 1.54) is 62.5 Å². The number of carboxylic acid groups (broad SMARTS) is 1. The van der Waals surface area contributed by atoms with Crippen molar-refractivity contribution in [3.8, 4) is 0 Å². The minimum Gasteiger partial charge on any atom is -0.478 e. The van der Waals surface area contributed by atoms with E-state index in [0.29, 0.717) is 66.2 Å². The van der Waals surface area contributed by atoms with Crippen LogP contribution >= 0.6 is 10.6 Å². The van der Waals surface area contributed by atoms with Crippen LogP contribution in [0.3, 0.4) is 0 Å². The van der Waals surface area contributed by atoms with Gasteiger partial charge in [0, 0.05) is 19.5 Å². The third-order valence-electron chi connectivity index (χ3n) is 16.8. The first kappa shape index (κ1) is 36.3. The number of allylic oxidation sites excluding steroid dienone is 3. The van der Waals surface area contributed by atoms with Gasteiger partial charge in [-0.3, -0.25) is 13.9 Å². The van der Waals surface area contributed by atoms with Crippen LogP contribution in [0.4, 0.5) is 0 Å². The molecule has 6 nitrogen and oxygen atoms in total. The number of hydrogen-bond donors (Lipinski definition) is 3. The summed E-state index contributed by atoms with van der Waals surface area (Å²) in [5, 5.41) is 9.49. The second-order valence-electron chi connectivity index (χ2n) is 19.1. The fourth-order valence-electron chi connectivity index (χ4n) is 14.1. The second-order valence-corrected chi connectivity index (χ2v) is 21.5. The van der Waals surface area contributed by atoms with Gasteiger partial charge < -0.3 is 10.0 Å². The Morgan fingerprint density at radius 3 is 2.20 bits per heavy atom. The Labute approximate surface area is 302 Å². The summed E-state index contributed by atoms with van der Waals surface area (Å²) >= 11 is 0. The Hall–Kier alpha value is -2.09. The van der Waals surface area contributed by atoms with Crippen LogP contribution in [0.2, 0.25) is 0 Å². The molecule has 0 unspecified atom stereocenters. The summed E-state index contributed by atoms with van der Waals surface area (Å²) in [5.41, 5.74) is 5.09. The highest BCUT2D eigenvalue weighted by molar-refractivity contribution is 8.24. The lowest BCUT2D eigenvalue weighted by molar-refractivity contribution is -0.226. The maximum absolute atomic E-state index is 13.5. The number of fused-ring (bicyclic) bond motifs is 7. The molecule has 0 radical (unpaired) electrons. The van der Waals surface area contributed by atoms with Gasteiger partial charge in [-0.15, -0.1) is 0 Å². The predicted molar refractivity (Wildman–Crippen MR) is 204 cm³/mol. The van der Waals surface area contributed by atoms with Gasteiger partial charge in [0.05, 0.1) is 17.1 Å². The van der Waals surface area contributed by atoms with Crippen molar-refractivity contribution in [3.05, 3.63) is 53.6 Å². The molecule has 5 fully saturated rings. The van der Waals surface area contributed by atoms with Crippen molar-refractivity contribution in [1.82, 2.24) is 4.90 Å². The quantitative estimate of drug-likeness (QED) is 0.256. The summed E-state index contributed by atoms with van der Waals surface area (Å²) in [5.74, 6) is 2.90. The van der Waals surface area contributed by atoms with Crippen molar-refractivity contribution in [1.29, 1.82) is 0 Å². The average Bonchev–Trinajstić information content (AvgIpc) is 3.44. The lowest BCUT2D eigenvalue weighted by Gasteiger charge is -2.72. The lowest BCUT2D eigenvalue weighted by Crippen LogP contribution is -2.65. The van der Waals surface area contributed by atoms with Gasteiger partial charge in [-0.1, -0.05) is 65.0 Å². The number of rotatable bonds is 6. The molecule has 9 atom stereocenters. The van der Waals surface area contributed by atoms with Crippen LogP contribution < -0.4 is 0 Å². The molecule has 1 heterocycles. The highest BCUT2D eigenvalue weighted by Crippen LogP contribution is 2.78. The van der Waals surface area contributed by atoms with Crippen molar-refractivity contribution < 1.29 is 23.8 Å². The summed E-state index contributed by atoms with van der Waals surface area (Å²) < 4.78 is 20.2. The Bertz CT molecular complexity index is 1570. The predicted octanol–water partition coefficient (Wildman–Crippen LogP) is 10.4. The van der Waals surface area contributed by atoms with Crippen molar-refractivity contribution in [3.63, 3.8) is 0 Å². The average molecular weight is 706 g/mol. The molecule has 1 aliphatic heterocycles. The van der Waals surface area contributed by atoms with Gasteiger partial charge in [0.1, 0.15) is 0 Å². The van der Waals surface area contributed by atoms with Gasteiger partial charge >= 0.3 is 5.97 Å². The fourth-order valence-corrected chi connectivity index (χ4v) is 15.3. The summed E-state index contributed by atoms with van der Waals surface area (Å²) in [4.78, 5) is 27.0. The van der Waals surface area contributed by atoms with Crippen LogP contribution in [0.15, 0.2) is 42.5 Å². The topological polar surface area (TPSA) is 98.1 Å². The van der Waals surface area contributed by atoms with Crippen molar-refractivity contribution in [2.75, 3.05) is 24.6 Å². The summed E-state index contributed by atoms with van der Waals surface area (Å²) in [6.45, 7) is 20.6. The van der Waals surface area contributed by atoms with Crippen LogP contribution in [-0.2, 0) is 4.79 Å². The third-order valence-corrected chi connectivity index (χ3v) is 18.5. The molecule has 0 aromatic heterocycles. The van der Waals surface area contributed by atoms with Crippen LogP contribution in [0.25, 0.3) is 5.57 Å². The molecular formula is C43H63NO5S. The molecule has 4 saturated carbocycles. The molecule has 276 valence electrons. The first-order valence-corrected chi connectivity index (χ1v) is 21.5. The molecule has 1 amide bonds. The smallest absolute Gasteiger partial charge is 0.335 e. The number of nitrogens with zero attached hydrogens (tertiary/aromatic N) is 1. The minimum atomic E-state index is -2.52. The number of carbonyl (C=O) groups excluding carboxylic acids is 1. The highest BCUT2D eigenvalue weighted by atomic mass is 32.3. The molecule has 0 bridgehead atoms. The van der Waals surface area contributed by atoms with E-state index >= 15 is 0 Å². The molecule has 3 N–H and O–H groups in total. The Kier molecular flexibility index (Phi) is 8.87. The molecule has 1 aromatic carbocycles. The van der Waals surface area contributed by atoms with E-state index in [0.717, 1.165) is 18.4 Å². The number of hydrogen-bond acceptors (Lipinski definition) is 4. The van der Waals surface area contributed by atoms with Gasteiger partial charge in [0.15, 0.2) is 0 Å². The molecule has 7 heteroatoms. The largest absolute Gasteiger partial charge is 0.478 e. The van der Waals surface area contributed by atoms with E-state index in [1.54, 1.807) is 12.1 Å². The highest BCUT2D eigenvalue weighted by Gasteiger charge is 2.70. The van der Waals surface area contributed by atoms with E-state index in [1.807, 2.05) is 17.0 Å². The van der Waals surface area contributed by atoms with E-state index in [2.05, 4.69) is 54.2 Å². The molecule has 6 aliphatic rings.